The van der Waals surface area contributed by atoms with Crippen LogP contribution in [-0.2, 0) is 0 Å². The molecule has 5 nitrogen and oxygen atoms in total. The second-order valence-corrected chi connectivity index (χ2v) is 7.36. The van der Waals surface area contributed by atoms with Crippen LogP contribution in [0.25, 0.3) is 0 Å². The fraction of sp³-hybridized carbons (Fsp3) is 0.333. The summed E-state index contributed by atoms with van der Waals surface area (Å²) in [4.78, 5) is 29.1. The lowest BCUT2D eigenvalue weighted by Gasteiger charge is -2.51. The number of nitrogens with one attached hydrogen (secondary N) is 1. The van der Waals surface area contributed by atoms with Gasteiger partial charge in [0.2, 0.25) is 0 Å². The molecule has 2 aromatic carbocycles. The van der Waals surface area contributed by atoms with E-state index in [1.54, 1.807) is 6.07 Å². The number of carbonyl (C=O) groups is 2. The van der Waals surface area contributed by atoms with Gasteiger partial charge in [0.05, 0.1) is 11.3 Å². The summed E-state index contributed by atoms with van der Waals surface area (Å²) >= 11 is 0. The van der Waals surface area contributed by atoms with Crippen LogP contribution in [0.3, 0.4) is 0 Å². The van der Waals surface area contributed by atoms with E-state index in [-0.39, 0.29) is 11.8 Å². The van der Waals surface area contributed by atoms with E-state index >= 15 is 0 Å². The van der Waals surface area contributed by atoms with Gasteiger partial charge in [-0.3, -0.25) is 9.59 Å². The standard InChI is InChI=1S/C21H22FN3O2/c1-14-3-5-15(6-4-14)20(27)25-11-9-21(10-12-25)23-19(26)17-13-16(22)7-8-18(17)24(21)2/h3-8,13H,9-12H2,1-2H3,(H,23,26). The molecule has 0 aromatic heterocycles. The number of amides is 2. The SMILES string of the molecule is Cc1ccc(C(=O)N2CCC3(CC2)NC(=O)c2cc(F)ccc2N3C)cc1. The maximum absolute atomic E-state index is 13.5. The van der Waals surface area contributed by atoms with Crippen molar-refractivity contribution in [3.05, 3.63) is 65.0 Å². The smallest absolute Gasteiger partial charge is 0.255 e. The summed E-state index contributed by atoms with van der Waals surface area (Å²) in [5, 5.41) is 3.05. The second-order valence-electron chi connectivity index (χ2n) is 7.36. The van der Waals surface area contributed by atoms with Crippen molar-refractivity contribution in [3.63, 3.8) is 0 Å². The summed E-state index contributed by atoms with van der Waals surface area (Å²) in [6.45, 7) is 3.09. The Labute approximate surface area is 157 Å². The van der Waals surface area contributed by atoms with Crippen LogP contribution in [0, 0.1) is 12.7 Å². The molecule has 6 heteroatoms. The molecule has 2 heterocycles. The van der Waals surface area contributed by atoms with Crippen LogP contribution in [0.15, 0.2) is 42.5 Å². The number of piperidine rings is 1. The van der Waals surface area contributed by atoms with Gasteiger partial charge in [0.1, 0.15) is 11.5 Å². The molecule has 4 rings (SSSR count). The van der Waals surface area contributed by atoms with Crippen LogP contribution >= 0.6 is 0 Å². The van der Waals surface area contributed by atoms with E-state index < -0.39 is 11.5 Å². The molecule has 1 spiro atoms. The van der Waals surface area contributed by atoms with Gasteiger partial charge >= 0.3 is 0 Å². The van der Waals surface area contributed by atoms with Gasteiger partial charge in [-0.1, -0.05) is 17.7 Å². The molecule has 140 valence electrons. The average molecular weight is 367 g/mol. The fourth-order valence-electron chi connectivity index (χ4n) is 3.99. The summed E-state index contributed by atoms with van der Waals surface area (Å²) in [6, 6.07) is 11.9. The first-order valence-electron chi connectivity index (χ1n) is 9.11. The number of anilines is 1. The van der Waals surface area contributed by atoms with Crippen molar-refractivity contribution in [2.45, 2.75) is 25.4 Å². The van der Waals surface area contributed by atoms with Gasteiger partial charge in [0.15, 0.2) is 0 Å². The van der Waals surface area contributed by atoms with E-state index in [1.165, 1.54) is 12.1 Å². The lowest BCUT2D eigenvalue weighted by Crippen LogP contribution is -2.67. The van der Waals surface area contributed by atoms with E-state index in [1.807, 2.05) is 48.0 Å². The van der Waals surface area contributed by atoms with Crippen molar-refractivity contribution in [1.29, 1.82) is 0 Å². The summed E-state index contributed by atoms with van der Waals surface area (Å²) in [5.74, 6) is -0.676. The number of halogens is 1. The number of benzene rings is 2. The van der Waals surface area contributed by atoms with Crippen LogP contribution in [0.2, 0.25) is 0 Å². The molecule has 2 aliphatic heterocycles. The molecule has 0 bridgehead atoms. The van der Waals surface area contributed by atoms with Gasteiger partial charge in [-0.25, -0.2) is 4.39 Å². The first-order valence-corrected chi connectivity index (χ1v) is 9.11. The molecule has 0 unspecified atom stereocenters. The average Bonchev–Trinajstić information content (AvgIpc) is 2.67. The minimum absolute atomic E-state index is 0.0112. The quantitative estimate of drug-likeness (QED) is 0.843. The number of fused-ring (bicyclic) bond motifs is 1. The van der Waals surface area contributed by atoms with Crippen LogP contribution < -0.4 is 10.2 Å². The second kappa shape index (κ2) is 6.37. The van der Waals surface area contributed by atoms with Crippen molar-refractivity contribution in [2.24, 2.45) is 0 Å². The summed E-state index contributed by atoms with van der Waals surface area (Å²) in [6.07, 6.45) is 1.23. The van der Waals surface area contributed by atoms with E-state index in [0.717, 1.165) is 11.3 Å². The van der Waals surface area contributed by atoms with Crippen molar-refractivity contribution in [1.82, 2.24) is 10.2 Å². The van der Waals surface area contributed by atoms with Crippen molar-refractivity contribution >= 4 is 17.5 Å². The van der Waals surface area contributed by atoms with Gasteiger partial charge in [-0.2, -0.15) is 0 Å². The molecule has 2 aliphatic rings. The third-order valence-corrected chi connectivity index (χ3v) is 5.73. The zero-order valence-corrected chi connectivity index (χ0v) is 15.5. The Kier molecular flexibility index (Phi) is 4.13. The lowest BCUT2D eigenvalue weighted by atomic mass is 9.90. The lowest BCUT2D eigenvalue weighted by molar-refractivity contribution is 0.0609. The van der Waals surface area contributed by atoms with Gasteiger partial charge in [-0.05, 0) is 37.3 Å². The minimum atomic E-state index is -0.550. The number of aryl methyl sites for hydroxylation is 1. The molecule has 1 fully saturated rings. The molecule has 0 aliphatic carbocycles. The van der Waals surface area contributed by atoms with Crippen molar-refractivity contribution in [2.75, 3.05) is 25.0 Å². The molecular weight excluding hydrogens is 345 g/mol. The highest BCUT2D eigenvalue weighted by Gasteiger charge is 2.44. The Morgan fingerprint density at radius 2 is 1.78 bits per heavy atom. The highest BCUT2D eigenvalue weighted by molar-refractivity contribution is 6.02. The molecule has 1 N–H and O–H groups in total. The normalized spacial score (nSPS) is 18.3. The Morgan fingerprint density at radius 1 is 1.11 bits per heavy atom. The van der Waals surface area contributed by atoms with Gasteiger partial charge in [0, 0.05) is 38.5 Å². The molecule has 2 aromatic rings. The van der Waals surface area contributed by atoms with Gasteiger partial charge in [0.25, 0.3) is 11.8 Å². The summed E-state index contributed by atoms with van der Waals surface area (Å²) < 4.78 is 13.5. The molecule has 1 saturated heterocycles. The topological polar surface area (TPSA) is 52.7 Å². The summed E-state index contributed by atoms with van der Waals surface area (Å²) in [5.41, 5.74) is 2.32. The highest BCUT2D eigenvalue weighted by Crippen LogP contribution is 2.36. The number of likely N-dealkylation sites (tertiary alicyclic amines) is 1. The predicted molar refractivity (Wildman–Crippen MR) is 101 cm³/mol. The largest absolute Gasteiger partial charge is 0.351 e. The van der Waals surface area contributed by atoms with Gasteiger partial charge < -0.3 is 15.1 Å². The molecule has 0 radical (unpaired) electrons. The number of nitrogens with zero attached hydrogens (tertiary/aromatic N) is 2. The first-order chi connectivity index (χ1) is 12.9. The predicted octanol–water partition coefficient (Wildman–Crippen LogP) is 2.95. The third-order valence-electron chi connectivity index (χ3n) is 5.73. The third kappa shape index (κ3) is 2.95. The Bertz CT molecular complexity index is 902. The molecule has 0 saturated carbocycles. The number of carbonyl (C=O) groups excluding carboxylic acids is 2. The van der Waals surface area contributed by atoms with Gasteiger partial charge in [-0.15, -0.1) is 0 Å². The zero-order valence-electron chi connectivity index (χ0n) is 15.5. The molecule has 27 heavy (non-hydrogen) atoms. The van der Waals surface area contributed by atoms with E-state index in [4.69, 9.17) is 0 Å². The Hall–Kier alpha value is -2.89. The van der Waals surface area contributed by atoms with Crippen LogP contribution in [-0.4, -0.2) is 42.5 Å². The van der Waals surface area contributed by atoms with Crippen molar-refractivity contribution in [3.8, 4) is 0 Å². The van der Waals surface area contributed by atoms with Crippen LogP contribution in [0.1, 0.15) is 39.1 Å². The molecule has 2 amide bonds. The van der Waals surface area contributed by atoms with Crippen molar-refractivity contribution < 1.29 is 14.0 Å². The monoisotopic (exact) mass is 367 g/mol. The maximum atomic E-state index is 13.5. The first kappa shape index (κ1) is 17.5. The number of rotatable bonds is 1. The number of hydrogen-bond donors (Lipinski definition) is 1. The zero-order chi connectivity index (χ0) is 19.2. The van der Waals surface area contributed by atoms with E-state index in [9.17, 15) is 14.0 Å². The Balaban J connectivity index is 1.53. The Morgan fingerprint density at radius 3 is 2.44 bits per heavy atom. The van der Waals surface area contributed by atoms with E-state index in [0.29, 0.717) is 37.1 Å². The highest BCUT2D eigenvalue weighted by atomic mass is 19.1. The summed E-state index contributed by atoms with van der Waals surface area (Å²) in [7, 11) is 1.91. The minimum Gasteiger partial charge on any atom is -0.351 e. The molecule has 0 atom stereocenters. The number of hydrogen-bond acceptors (Lipinski definition) is 3. The molecular formula is C21H22FN3O2. The van der Waals surface area contributed by atoms with E-state index in [2.05, 4.69) is 5.32 Å². The fourth-order valence-corrected chi connectivity index (χ4v) is 3.99. The van der Waals surface area contributed by atoms with Crippen LogP contribution in [0.5, 0.6) is 0 Å². The van der Waals surface area contributed by atoms with Crippen LogP contribution in [0.4, 0.5) is 10.1 Å². The maximum Gasteiger partial charge on any atom is 0.255 e.